The smallest absolute Gasteiger partial charge is 0.411 e. The van der Waals surface area contributed by atoms with Gasteiger partial charge in [-0.25, -0.2) is 9.59 Å². The van der Waals surface area contributed by atoms with Crippen LogP contribution in [-0.4, -0.2) is 61.3 Å². The largest absolute Gasteiger partial charge is 0.467 e. The van der Waals surface area contributed by atoms with Crippen LogP contribution >= 0.6 is 11.6 Å². The molecular weight excluding hydrogens is 365 g/mol. The van der Waals surface area contributed by atoms with E-state index in [-0.39, 0.29) is 12.3 Å². The zero-order valence-electron chi connectivity index (χ0n) is 14.2. The fourth-order valence-corrected chi connectivity index (χ4v) is 3.70. The number of hydrogen-bond donors (Lipinski definition) is 0. The number of carbonyl (C=O) groups is 2. The summed E-state index contributed by atoms with van der Waals surface area (Å²) >= 11 is 5.67. The van der Waals surface area contributed by atoms with Crippen molar-refractivity contribution in [3.63, 3.8) is 0 Å². The molecule has 0 radical (unpaired) electrons. The SMILES string of the molecule is COC(=O)[C@]1(CCCCl)C[C@@H](S(=O)(=O)F)CN1C(=O)OC(C)(C)C. The molecule has 1 fully saturated rings. The zero-order chi connectivity index (χ0) is 18.8. The van der Waals surface area contributed by atoms with Crippen LogP contribution in [0.25, 0.3) is 0 Å². The van der Waals surface area contributed by atoms with Gasteiger partial charge in [-0.15, -0.1) is 15.5 Å². The van der Waals surface area contributed by atoms with Crippen molar-refractivity contribution in [2.75, 3.05) is 19.5 Å². The van der Waals surface area contributed by atoms with Crippen molar-refractivity contribution in [1.82, 2.24) is 4.90 Å². The number of rotatable bonds is 5. The maximum Gasteiger partial charge on any atom is 0.411 e. The summed E-state index contributed by atoms with van der Waals surface area (Å²) < 4.78 is 46.2. The van der Waals surface area contributed by atoms with Gasteiger partial charge in [0.2, 0.25) is 0 Å². The molecular formula is C14H23ClFNO6S. The van der Waals surface area contributed by atoms with Gasteiger partial charge in [0.15, 0.2) is 0 Å². The Balaban J connectivity index is 3.30. The average molecular weight is 388 g/mol. The van der Waals surface area contributed by atoms with Crippen LogP contribution in [-0.2, 0) is 24.5 Å². The Hall–Kier alpha value is -1.09. The first-order chi connectivity index (χ1) is 10.9. The van der Waals surface area contributed by atoms with Gasteiger partial charge in [0.1, 0.15) is 16.4 Å². The number of alkyl halides is 1. The summed E-state index contributed by atoms with van der Waals surface area (Å²) in [4.78, 5) is 25.8. The molecule has 1 heterocycles. The normalized spacial score (nSPS) is 24.8. The third kappa shape index (κ3) is 4.72. The summed E-state index contributed by atoms with van der Waals surface area (Å²) in [5, 5.41) is -1.51. The van der Waals surface area contributed by atoms with Crippen LogP contribution in [0.1, 0.15) is 40.0 Å². The Morgan fingerprint density at radius 2 is 1.96 bits per heavy atom. The van der Waals surface area contributed by atoms with Gasteiger partial charge in [0.25, 0.3) is 0 Å². The zero-order valence-corrected chi connectivity index (χ0v) is 15.7. The molecule has 24 heavy (non-hydrogen) atoms. The number of methoxy groups -OCH3 is 1. The standard InChI is InChI=1S/C14H23ClFNO6S/c1-13(2,3)23-12(19)17-9-10(24(16,20)21)8-14(17,6-5-7-15)11(18)22-4/h10H,5-9H2,1-4H3/t10-,14+/m1/s1. The van der Waals surface area contributed by atoms with E-state index in [1.165, 1.54) is 0 Å². The second-order valence-electron chi connectivity index (χ2n) is 6.71. The molecule has 0 aliphatic carbocycles. The van der Waals surface area contributed by atoms with Gasteiger partial charge in [-0.1, -0.05) is 0 Å². The van der Waals surface area contributed by atoms with Crippen LogP contribution in [0.5, 0.6) is 0 Å². The van der Waals surface area contributed by atoms with Gasteiger partial charge in [0.05, 0.1) is 7.11 Å². The molecule has 0 aromatic rings. The lowest BCUT2D eigenvalue weighted by atomic mass is 9.90. The fraction of sp³-hybridized carbons (Fsp3) is 0.857. The number of amides is 1. The highest BCUT2D eigenvalue weighted by Gasteiger charge is 2.58. The highest BCUT2D eigenvalue weighted by Crippen LogP contribution is 2.39. The number of hydrogen-bond acceptors (Lipinski definition) is 6. The van der Waals surface area contributed by atoms with Crippen molar-refractivity contribution in [3.8, 4) is 0 Å². The molecule has 0 unspecified atom stereocenters. The van der Waals surface area contributed by atoms with Crippen molar-refractivity contribution < 1.29 is 31.4 Å². The highest BCUT2D eigenvalue weighted by molar-refractivity contribution is 7.87. The van der Waals surface area contributed by atoms with E-state index in [1.807, 2.05) is 0 Å². The molecule has 1 aliphatic rings. The molecule has 0 bridgehead atoms. The topological polar surface area (TPSA) is 90.0 Å². The lowest BCUT2D eigenvalue weighted by molar-refractivity contribution is -0.153. The van der Waals surface area contributed by atoms with Crippen LogP contribution in [0.3, 0.4) is 0 Å². The minimum absolute atomic E-state index is 0.0500. The Labute approximate surface area is 146 Å². The first-order valence-electron chi connectivity index (χ1n) is 7.46. The summed E-state index contributed by atoms with van der Waals surface area (Å²) in [6.45, 7) is 4.40. The monoisotopic (exact) mass is 387 g/mol. The number of halogens is 2. The first-order valence-corrected chi connectivity index (χ1v) is 9.44. The Morgan fingerprint density at radius 3 is 2.38 bits per heavy atom. The Bertz CT molecular complexity index is 591. The van der Waals surface area contributed by atoms with Gasteiger partial charge in [-0.2, -0.15) is 8.42 Å². The third-order valence-corrected chi connectivity index (χ3v) is 5.15. The van der Waals surface area contributed by atoms with Gasteiger partial charge in [-0.05, 0) is 33.6 Å². The molecule has 10 heteroatoms. The molecule has 1 amide bonds. The fourth-order valence-electron chi connectivity index (χ4n) is 2.77. The van der Waals surface area contributed by atoms with Gasteiger partial charge >= 0.3 is 22.3 Å². The second kappa shape index (κ2) is 7.43. The summed E-state index contributed by atoms with van der Waals surface area (Å²) in [6.07, 6.45) is -0.924. The molecule has 0 N–H and O–H groups in total. The van der Waals surface area contributed by atoms with Gasteiger partial charge in [-0.3, -0.25) is 4.90 Å². The molecule has 2 atom stereocenters. The Morgan fingerprint density at radius 1 is 1.38 bits per heavy atom. The number of ether oxygens (including phenoxy) is 2. The maximum atomic E-state index is 13.5. The lowest BCUT2D eigenvalue weighted by Crippen LogP contribution is -2.54. The van der Waals surface area contributed by atoms with Gasteiger partial charge < -0.3 is 9.47 Å². The number of likely N-dealkylation sites (tertiary alicyclic amines) is 1. The number of esters is 1. The van der Waals surface area contributed by atoms with Crippen molar-refractivity contribution in [3.05, 3.63) is 0 Å². The summed E-state index contributed by atoms with van der Waals surface area (Å²) in [5.41, 5.74) is -2.48. The molecule has 0 spiro atoms. The van der Waals surface area contributed by atoms with Crippen LogP contribution < -0.4 is 0 Å². The maximum absolute atomic E-state index is 13.5. The number of nitrogens with zero attached hydrogens (tertiary/aromatic N) is 1. The predicted molar refractivity (Wildman–Crippen MR) is 86.1 cm³/mol. The van der Waals surface area contributed by atoms with E-state index in [2.05, 4.69) is 0 Å². The van der Waals surface area contributed by atoms with Crippen LogP contribution in [0.4, 0.5) is 8.68 Å². The van der Waals surface area contributed by atoms with E-state index < -0.39 is 51.6 Å². The van der Waals surface area contributed by atoms with Crippen LogP contribution in [0.2, 0.25) is 0 Å². The molecule has 0 saturated carbocycles. The molecule has 1 rings (SSSR count). The predicted octanol–water partition coefficient (Wildman–Crippen LogP) is 2.23. The summed E-state index contributed by atoms with van der Waals surface area (Å²) in [5.74, 6) is -0.627. The quantitative estimate of drug-likeness (QED) is 0.408. The molecule has 0 aromatic carbocycles. The third-order valence-electron chi connectivity index (χ3n) is 3.77. The minimum Gasteiger partial charge on any atom is -0.467 e. The van der Waals surface area contributed by atoms with E-state index in [1.54, 1.807) is 20.8 Å². The van der Waals surface area contributed by atoms with E-state index in [9.17, 15) is 21.9 Å². The second-order valence-corrected chi connectivity index (χ2v) is 8.70. The molecule has 140 valence electrons. The van der Waals surface area contributed by atoms with Crippen molar-refractivity contribution >= 4 is 33.9 Å². The van der Waals surface area contributed by atoms with Crippen LogP contribution in [0, 0.1) is 0 Å². The molecule has 0 aromatic heterocycles. The van der Waals surface area contributed by atoms with Crippen LogP contribution in [0.15, 0.2) is 0 Å². The van der Waals surface area contributed by atoms with Gasteiger partial charge in [0, 0.05) is 18.8 Å². The van der Waals surface area contributed by atoms with E-state index >= 15 is 0 Å². The summed E-state index contributed by atoms with van der Waals surface area (Å²) in [6, 6.07) is 0. The molecule has 7 nitrogen and oxygen atoms in total. The van der Waals surface area contributed by atoms with E-state index in [4.69, 9.17) is 21.1 Å². The lowest BCUT2D eigenvalue weighted by Gasteiger charge is -2.36. The van der Waals surface area contributed by atoms with Crippen molar-refractivity contribution in [1.29, 1.82) is 0 Å². The van der Waals surface area contributed by atoms with Crippen molar-refractivity contribution in [2.24, 2.45) is 0 Å². The average Bonchev–Trinajstić information content (AvgIpc) is 2.83. The van der Waals surface area contributed by atoms with Crippen molar-refractivity contribution in [2.45, 2.75) is 56.4 Å². The number of carbonyl (C=O) groups excluding carboxylic acids is 2. The highest BCUT2D eigenvalue weighted by atomic mass is 35.5. The van der Waals surface area contributed by atoms with E-state index in [0.717, 1.165) is 12.0 Å². The molecule has 1 aliphatic heterocycles. The van der Waals surface area contributed by atoms with E-state index in [0.29, 0.717) is 6.42 Å². The summed E-state index contributed by atoms with van der Waals surface area (Å²) in [7, 11) is -3.82. The first kappa shape index (κ1) is 21.0. The Kier molecular flexibility index (Phi) is 6.49. The molecule has 1 saturated heterocycles. The minimum atomic E-state index is -4.94.